The van der Waals surface area contributed by atoms with E-state index in [-0.39, 0.29) is 10.6 Å². The van der Waals surface area contributed by atoms with Crippen molar-refractivity contribution in [3.05, 3.63) is 28.3 Å². The Balaban J connectivity index is 2.55. The van der Waals surface area contributed by atoms with Gasteiger partial charge in [0.05, 0.1) is 10.6 Å². The van der Waals surface area contributed by atoms with Gasteiger partial charge in [0.25, 0.3) is 5.69 Å². The average Bonchev–Trinajstić information content (AvgIpc) is 2.17. The van der Waals surface area contributed by atoms with Crippen molar-refractivity contribution in [2.45, 2.75) is 4.90 Å². The van der Waals surface area contributed by atoms with Gasteiger partial charge < -0.3 is 4.90 Å². The van der Waals surface area contributed by atoms with Crippen molar-refractivity contribution >= 4 is 23.1 Å². The third-order valence-electron chi connectivity index (χ3n) is 2.25. The van der Waals surface area contributed by atoms with Gasteiger partial charge in [-0.2, -0.15) is 0 Å². The number of nitro benzene ring substituents is 1. The molecule has 0 unspecified atom stereocenters. The lowest BCUT2D eigenvalue weighted by molar-refractivity contribution is -0.387. The standard InChI is InChI=1S/C9H10N2O2S/c1-10-5-6-14-9-7(10)3-2-4-8(9)11(12)13/h2-4H,5-6H2,1H3. The number of anilines is 1. The number of fused-ring (bicyclic) bond motifs is 1. The van der Waals surface area contributed by atoms with Crippen molar-refractivity contribution < 1.29 is 4.92 Å². The van der Waals surface area contributed by atoms with E-state index in [4.69, 9.17) is 0 Å². The summed E-state index contributed by atoms with van der Waals surface area (Å²) in [7, 11) is 1.96. The van der Waals surface area contributed by atoms with Crippen molar-refractivity contribution in [3.63, 3.8) is 0 Å². The molecule has 1 heterocycles. The molecule has 4 nitrogen and oxygen atoms in total. The number of thioether (sulfide) groups is 1. The van der Waals surface area contributed by atoms with Gasteiger partial charge in [-0.05, 0) is 6.07 Å². The molecule has 0 radical (unpaired) electrons. The summed E-state index contributed by atoms with van der Waals surface area (Å²) in [6, 6.07) is 5.22. The summed E-state index contributed by atoms with van der Waals surface area (Å²) >= 11 is 1.56. The Morgan fingerprint density at radius 1 is 1.57 bits per heavy atom. The van der Waals surface area contributed by atoms with Crippen LogP contribution in [0.3, 0.4) is 0 Å². The summed E-state index contributed by atoms with van der Waals surface area (Å²) in [4.78, 5) is 13.3. The summed E-state index contributed by atoms with van der Waals surface area (Å²) in [5.74, 6) is 0.911. The lowest BCUT2D eigenvalue weighted by Crippen LogP contribution is -2.24. The van der Waals surface area contributed by atoms with Crippen LogP contribution in [0.25, 0.3) is 0 Å². The van der Waals surface area contributed by atoms with Crippen LogP contribution in [-0.4, -0.2) is 24.3 Å². The lowest BCUT2D eigenvalue weighted by atomic mass is 10.2. The number of rotatable bonds is 1. The number of nitrogens with zero attached hydrogens (tertiary/aromatic N) is 2. The molecule has 0 spiro atoms. The van der Waals surface area contributed by atoms with Crippen LogP contribution in [0.1, 0.15) is 0 Å². The second kappa shape index (κ2) is 3.49. The first-order valence-corrected chi connectivity index (χ1v) is 5.30. The number of hydrogen-bond donors (Lipinski definition) is 0. The molecule has 1 aliphatic heterocycles. The molecule has 14 heavy (non-hydrogen) atoms. The maximum absolute atomic E-state index is 10.8. The van der Waals surface area contributed by atoms with E-state index in [9.17, 15) is 10.1 Å². The fourth-order valence-electron chi connectivity index (χ4n) is 1.51. The molecule has 0 bridgehead atoms. The molecular formula is C9H10N2O2S. The van der Waals surface area contributed by atoms with E-state index < -0.39 is 0 Å². The minimum atomic E-state index is -0.314. The molecular weight excluding hydrogens is 200 g/mol. The van der Waals surface area contributed by atoms with Crippen LogP contribution in [0.15, 0.2) is 23.1 Å². The summed E-state index contributed by atoms with van der Waals surface area (Å²) < 4.78 is 0. The van der Waals surface area contributed by atoms with Gasteiger partial charge in [0.1, 0.15) is 4.90 Å². The van der Waals surface area contributed by atoms with Gasteiger partial charge in [-0.15, -0.1) is 11.8 Å². The molecule has 0 saturated heterocycles. The summed E-state index contributed by atoms with van der Waals surface area (Å²) in [6.07, 6.45) is 0. The van der Waals surface area contributed by atoms with Gasteiger partial charge in [-0.3, -0.25) is 10.1 Å². The third-order valence-corrected chi connectivity index (χ3v) is 3.35. The SMILES string of the molecule is CN1CCSc2c1cccc2[N+](=O)[O-]. The van der Waals surface area contributed by atoms with Gasteiger partial charge in [0, 0.05) is 25.4 Å². The molecule has 0 atom stereocenters. The Kier molecular flexibility index (Phi) is 2.33. The van der Waals surface area contributed by atoms with Crippen LogP contribution < -0.4 is 4.90 Å². The third kappa shape index (κ3) is 1.43. The minimum absolute atomic E-state index is 0.221. The highest BCUT2D eigenvalue weighted by Crippen LogP contribution is 2.40. The van der Waals surface area contributed by atoms with E-state index in [2.05, 4.69) is 4.90 Å². The number of hydrogen-bond acceptors (Lipinski definition) is 4. The first-order chi connectivity index (χ1) is 6.70. The molecule has 74 valence electrons. The van der Waals surface area contributed by atoms with Crippen molar-refractivity contribution in [3.8, 4) is 0 Å². The van der Waals surface area contributed by atoms with Crippen molar-refractivity contribution in [2.75, 3.05) is 24.2 Å². The highest BCUT2D eigenvalue weighted by molar-refractivity contribution is 7.99. The van der Waals surface area contributed by atoms with E-state index in [1.54, 1.807) is 23.9 Å². The molecule has 0 aromatic heterocycles. The molecule has 1 aromatic rings. The monoisotopic (exact) mass is 210 g/mol. The van der Waals surface area contributed by atoms with Crippen molar-refractivity contribution in [1.82, 2.24) is 0 Å². The summed E-state index contributed by atoms with van der Waals surface area (Å²) in [5.41, 5.74) is 1.19. The second-order valence-corrected chi connectivity index (χ2v) is 4.26. The average molecular weight is 210 g/mol. The van der Waals surface area contributed by atoms with Gasteiger partial charge in [-0.1, -0.05) is 6.07 Å². The fourth-order valence-corrected chi connectivity index (χ4v) is 2.74. The Morgan fingerprint density at radius 2 is 2.36 bits per heavy atom. The van der Waals surface area contributed by atoms with E-state index in [0.717, 1.165) is 22.9 Å². The zero-order chi connectivity index (χ0) is 10.1. The van der Waals surface area contributed by atoms with Gasteiger partial charge in [0.15, 0.2) is 0 Å². The highest BCUT2D eigenvalue weighted by Gasteiger charge is 2.22. The molecule has 0 amide bonds. The first-order valence-electron chi connectivity index (χ1n) is 4.31. The van der Waals surface area contributed by atoms with Gasteiger partial charge in [-0.25, -0.2) is 0 Å². The Hall–Kier alpha value is -1.23. The predicted molar refractivity (Wildman–Crippen MR) is 57.1 cm³/mol. The molecule has 1 aromatic carbocycles. The Morgan fingerprint density at radius 3 is 3.07 bits per heavy atom. The Bertz CT molecular complexity index is 381. The van der Waals surface area contributed by atoms with Crippen molar-refractivity contribution in [1.29, 1.82) is 0 Å². The van der Waals surface area contributed by atoms with E-state index in [1.807, 2.05) is 13.1 Å². The highest BCUT2D eigenvalue weighted by atomic mass is 32.2. The smallest absolute Gasteiger partial charge is 0.284 e. The Labute approximate surface area is 86.1 Å². The molecule has 0 aliphatic carbocycles. The second-order valence-electron chi connectivity index (χ2n) is 3.15. The first kappa shape index (κ1) is 9.33. The largest absolute Gasteiger partial charge is 0.373 e. The zero-order valence-corrected chi connectivity index (χ0v) is 8.58. The minimum Gasteiger partial charge on any atom is -0.373 e. The van der Waals surface area contributed by atoms with Crippen LogP contribution in [0, 0.1) is 10.1 Å². The van der Waals surface area contributed by atoms with E-state index in [0.29, 0.717) is 0 Å². The topological polar surface area (TPSA) is 46.4 Å². The van der Waals surface area contributed by atoms with Crippen LogP contribution in [0.5, 0.6) is 0 Å². The maximum Gasteiger partial charge on any atom is 0.284 e. The quantitative estimate of drug-likeness (QED) is 0.526. The number of benzene rings is 1. The fraction of sp³-hybridized carbons (Fsp3) is 0.333. The van der Waals surface area contributed by atoms with Crippen LogP contribution in [-0.2, 0) is 0 Å². The lowest BCUT2D eigenvalue weighted by Gasteiger charge is -2.26. The van der Waals surface area contributed by atoms with E-state index in [1.165, 1.54) is 0 Å². The molecule has 0 saturated carbocycles. The van der Waals surface area contributed by atoms with E-state index >= 15 is 0 Å². The van der Waals surface area contributed by atoms with Crippen LogP contribution in [0.4, 0.5) is 11.4 Å². The van der Waals surface area contributed by atoms with Crippen LogP contribution in [0.2, 0.25) is 0 Å². The molecule has 5 heteroatoms. The molecule has 0 N–H and O–H groups in total. The normalized spacial score (nSPS) is 15.1. The van der Waals surface area contributed by atoms with Gasteiger partial charge >= 0.3 is 0 Å². The number of nitro groups is 1. The summed E-state index contributed by atoms with van der Waals surface area (Å²) in [5, 5.41) is 10.8. The molecule has 2 rings (SSSR count). The van der Waals surface area contributed by atoms with Gasteiger partial charge in [0.2, 0.25) is 0 Å². The van der Waals surface area contributed by atoms with Crippen molar-refractivity contribution in [2.24, 2.45) is 0 Å². The molecule has 1 aliphatic rings. The molecule has 0 fully saturated rings. The predicted octanol–water partition coefficient (Wildman–Crippen LogP) is 2.14. The zero-order valence-electron chi connectivity index (χ0n) is 7.77. The summed E-state index contributed by atoms with van der Waals surface area (Å²) in [6.45, 7) is 0.943. The maximum atomic E-state index is 10.8. The van der Waals surface area contributed by atoms with Crippen LogP contribution >= 0.6 is 11.8 Å².